The molecule has 4 rings (SSSR count). The highest BCUT2D eigenvalue weighted by Crippen LogP contribution is 2.28. The van der Waals surface area contributed by atoms with Crippen molar-refractivity contribution in [2.75, 3.05) is 30.4 Å². The number of rotatable bonds is 4. The Labute approximate surface area is 168 Å². The van der Waals surface area contributed by atoms with E-state index in [9.17, 15) is 8.78 Å². The molecule has 0 aliphatic carbocycles. The quantitative estimate of drug-likeness (QED) is 0.543. The molecule has 2 heterocycles. The van der Waals surface area contributed by atoms with Crippen LogP contribution in [-0.2, 0) is 17.7 Å². The summed E-state index contributed by atoms with van der Waals surface area (Å²) < 4.78 is 31.5. The molecule has 0 spiro atoms. The van der Waals surface area contributed by atoms with E-state index in [4.69, 9.17) is 10.1 Å². The Morgan fingerprint density at radius 1 is 1.21 bits per heavy atom. The minimum absolute atomic E-state index is 0.0560. The van der Waals surface area contributed by atoms with Crippen molar-refractivity contribution in [2.24, 2.45) is 4.99 Å². The monoisotopic (exact) mass is 399 g/mol. The van der Waals surface area contributed by atoms with Crippen LogP contribution in [0.25, 0.3) is 0 Å². The highest BCUT2D eigenvalue weighted by molar-refractivity contribution is 5.98. The van der Waals surface area contributed by atoms with Gasteiger partial charge < -0.3 is 15.4 Å². The molecular formula is C21H23F2N5O. The average Bonchev–Trinajstić information content (AvgIpc) is 2.63. The van der Waals surface area contributed by atoms with Gasteiger partial charge in [0.2, 0.25) is 5.96 Å². The first-order valence-corrected chi connectivity index (χ1v) is 9.53. The summed E-state index contributed by atoms with van der Waals surface area (Å²) in [6, 6.07) is 8.06. The zero-order valence-corrected chi connectivity index (χ0v) is 16.1. The van der Waals surface area contributed by atoms with E-state index in [1.807, 2.05) is 6.07 Å². The lowest BCUT2D eigenvalue weighted by molar-refractivity contribution is -0.0695. The van der Waals surface area contributed by atoms with E-state index >= 15 is 0 Å². The summed E-state index contributed by atoms with van der Waals surface area (Å²) in [4.78, 5) is 6.42. The number of ether oxygens (including phenoxy) is 1. The van der Waals surface area contributed by atoms with Crippen LogP contribution in [0.4, 0.5) is 20.2 Å². The number of guanidine groups is 1. The van der Waals surface area contributed by atoms with Crippen molar-refractivity contribution >= 4 is 23.7 Å². The molecule has 0 radical (unpaired) electrons. The van der Waals surface area contributed by atoms with Crippen molar-refractivity contribution in [3.05, 3.63) is 58.7 Å². The molecule has 1 saturated heterocycles. The Kier molecular flexibility index (Phi) is 5.55. The van der Waals surface area contributed by atoms with Crippen molar-refractivity contribution in [2.45, 2.75) is 25.9 Å². The van der Waals surface area contributed by atoms with Gasteiger partial charge in [0.05, 0.1) is 25.6 Å². The number of benzene rings is 2. The molecule has 8 heteroatoms. The van der Waals surface area contributed by atoms with Gasteiger partial charge in [-0.1, -0.05) is 0 Å². The zero-order chi connectivity index (χ0) is 20.4. The summed E-state index contributed by atoms with van der Waals surface area (Å²) in [5.74, 6) is -1.91. The van der Waals surface area contributed by atoms with Crippen LogP contribution in [0.3, 0.4) is 0 Å². The van der Waals surface area contributed by atoms with Gasteiger partial charge in [0, 0.05) is 30.5 Å². The number of aliphatic imine (C=N–C) groups is 1. The van der Waals surface area contributed by atoms with Crippen LogP contribution < -0.4 is 10.6 Å². The maximum atomic E-state index is 13.2. The standard InChI is InChI=1S/C21H23F2N5O/c1-13-6-16(7-14-9-28(5-4-18(13)14)17-10-29-11-17)27-21(24)26-12-25-15-2-3-19(22)20(23)8-15/h2-3,6-8,12,17H,4-5,9-11H2,1H3,(H3,24,25,26,27). The predicted molar refractivity (Wildman–Crippen MR) is 110 cm³/mol. The Hall–Kier alpha value is -2.84. The molecular weight excluding hydrogens is 376 g/mol. The van der Waals surface area contributed by atoms with E-state index in [0.717, 1.165) is 50.5 Å². The smallest absolute Gasteiger partial charge is 0.221 e. The Balaban J connectivity index is 1.39. The van der Waals surface area contributed by atoms with Gasteiger partial charge in [-0.2, -0.15) is 0 Å². The summed E-state index contributed by atoms with van der Waals surface area (Å²) in [6.45, 7) is 5.62. The molecule has 152 valence electrons. The Bertz CT molecular complexity index is 958. The second-order valence-electron chi connectivity index (χ2n) is 7.35. The zero-order valence-electron chi connectivity index (χ0n) is 16.1. The van der Waals surface area contributed by atoms with Crippen LogP contribution in [0, 0.1) is 24.0 Å². The average molecular weight is 399 g/mol. The lowest BCUT2D eigenvalue weighted by atomic mass is 9.93. The van der Waals surface area contributed by atoms with Gasteiger partial charge in [0.25, 0.3) is 0 Å². The predicted octanol–water partition coefficient (Wildman–Crippen LogP) is 3.52. The molecule has 1 fully saturated rings. The first kappa shape index (κ1) is 19.5. The van der Waals surface area contributed by atoms with Crippen LogP contribution >= 0.6 is 0 Å². The summed E-state index contributed by atoms with van der Waals surface area (Å²) in [7, 11) is 0. The van der Waals surface area contributed by atoms with Crippen LogP contribution in [-0.4, -0.2) is 43.0 Å². The maximum absolute atomic E-state index is 13.2. The van der Waals surface area contributed by atoms with Crippen molar-refractivity contribution in [1.82, 2.24) is 4.90 Å². The number of anilines is 2. The summed E-state index contributed by atoms with van der Waals surface area (Å²) in [5.41, 5.74) is 5.00. The number of aryl methyl sites for hydroxylation is 1. The van der Waals surface area contributed by atoms with Gasteiger partial charge in [-0.15, -0.1) is 0 Å². The van der Waals surface area contributed by atoms with Crippen LogP contribution in [0.2, 0.25) is 0 Å². The van der Waals surface area contributed by atoms with E-state index in [-0.39, 0.29) is 5.96 Å². The molecule has 2 aliphatic heterocycles. The molecule has 0 atom stereocenters. The lowest BCUT2D eigenvalue weighted by Crippen LogP contribution is -2.50. The first-order valence-electron chi connectivity index (χ1n) is 9.53. The number of halogens is 2. The topological polar surface area (TPSA) is 72.7 Å². The number of nitrogens with one attached hydrogen (secondary N) is 3. The largest absolute Gasteiger partial charge is 0.378 e. The van der Waals surface area contributed by atoms with Gasteiger partial charge in [-0.25, -0.2) is 13.8 Å². The van der Waals surface area contributed by atoms with E-state index < -0.39 is 11.6 Å². The van der Waals surface area contributed by atoms with Crippen molar-refractivity contribution in [3.63, 3.8) is 0 Å². The third-order valence-electron chi connectivity index (χ3n) is 5.33. The van der Waals surface area contributed by atoms with Gasteiger partial charge in [-0.05, 0) is 54.3 Å². The lowest BCUT2D eigenvalue weighted by Gasteiger charge is -2.40. The number of hydrogen-bond donors (Lipinski definition) is 3. The Morgan fingerprint density at radius 2 is 2.03 bits per heavy atom. The third-order valence-corrected chi connectivity index (χ3v) is 5.33. The highest BCUT2D eigenvalue weighted by Gasteiger charge is 2.29. The fourth-order valence-corrected chi connectivity index (χ4v) is 3.69. The first-order chi connectivity index (χ1) is 14.0. The third kappa shape index (κ3) is 4.44. The van der Waals surface area contributed by atoms with Crippen LogP contribution in [0.1, 0.15) is 16.7 Å². The van der Waals surface area contributed by atoms with Crippen LogP contribution in [0.5, 0.6) is 0 Å². The minimum atomic E-state index is -0.941. The molecule has 29 heavy (non-hydrogen) atoms. The summed E-state index contributed by atoms with van der Waals surface area (Å²) >= 11 is 0. The molecule has 0 aromatic heterocycles. The van der Waals surface area contributed by atoms with E-state index in [2.05, 4.69) is 33.5 Å². The molecule has 3 N–H and O–H groups in total. The van der Waals surface area contributed by atoms with E-state index in [1.165, 1.54) is 29.1 Å². The van der Waals surface area contributed by atoms with E-state index in [1.54, 1.807) is 0 Å². The number of hydrogen-bond acceptors (Lipinski definition) is 3. The minimum Gasteiger partial charge on any atom is -0.378 e. The van der Waals surface area contributed by atoms with Crippen molar-refractivity contribution in [1.29, 1.82) is 5.41 Å². The van der Waals surface area contributed by atoms with E-state index in [0.29, 0.717) is 11.7 Å². The van der Waals surface area contributed by atoms with Gasteiger partial charge >= 0.3 is 0 Å². The van der Waals surface area contributed by atoms with Crippen molar-refractivity contribution < 1.29 is 13.5 Å². The second-order valence-corrected chi connectivity index (χ2v) is 7.35. The van der Waals surface area contributed by atoms with Gasteiger partial charge in [0.1, 0.15) is 0 Å². The highest BCUT2D eigenvalue weighted by atomic mass is 19.2. The molecule has 0 saturated carbocycles. The molecule has 6 nitrogen and oxygen atoms in total. The maximum Gasteiger partial charge on any atom is 0.221 e. The second kappa shape index (κ2) is 8.26. The molecule has 2 aliphatic rings. The molecule has 0 unspecified atom stereocenters. The summed E-state index contributed by atoms with van der Waals surface area (Å²) in [6.07, 6.45) is 2.29. The Morgan fingerprint density at radius 3 is 2.76 bits per heavy atom. The number of nitrogens with zero attached hydrogens (tertiary/aromatic N) is 2. The van der Waals surface area contributed by atoms with Crippen LogP contribution in [0.15, 0.2) is 35.3 Å². The number of fused-ring (bicyclic) bond motifs is 1. The molecule has 0 bridgehead atoms. The fraction of sp³-hybridized carbons (Fsp3) is 0.333. The summed E-state index contributed by atoms with van der Waals surface area (Å²) in [5, 5.41) is 13.7. The molecule has 0 amide bonds. The van der Waals surface area contributed by atoms with Crippen molar-refractivity contribution in [3.8, 4) is 0 Å². The fourth-order valence-electron chi connectivity index (χ4n) is 3.69. The normalized spacial score (nSPS) is 17.1. The molecule has 2 aromatic carbocycles. The van der Waals surface area contributed by atoms with Gasteiger partial charge in [0.15, 0.2) is 11.6 Å². The SMILES string of the molecule is Cc1cc(NC(=N)/N=C\Nc2ccc(F)c(F)c2)cc2c1CCN(C1COC1)C2. The van der Waals surface area contributed by atoms with Gasteiger partial charge in [-0.3, -0.25) is 10.3 Å². The molecule has 2 aromatic rings.